The fourth-order valence-electron chi connectivity index (χ4n) is 3.72. The first-order valence-electron chi connectivity index (χ1n) is 9.59. The molecule has 1 spiro atoms. The molecule has 1 saturated carbocycles. The van der Waals surface area contributed by atoms with E-state index in [0.717, 1.165) is 23.3 Å². The van der Waals surface area contributed by atoms with Gasteiger partial charge in [-0.15, -0.1) is 0 Å². The van der Waals surface area contributed by atoms with Crippen molar-refractivity contribution >= 4 is 17.8 Å². The summed E-state index contributed by atoms with van der Waals surface area (Å²) in [5, 5.41) is 5.53. The molecule has 3 rings (SSSR count). The molecular formula is C20H27N3O4. The van der Waals surface area contributed by atoms with Crippen molar-refractivity contribution in [2.24, 2.45) is 0 Å². The number of urea groups is 1. The third-order valence-electron chi connectivity index (χ3n) is 5.28. The predicted octanol–water partition coefficient (Wildman–Crippen LogP) is 2.14. The monoisotopic (exact) mass is 373 g/mol. The summed E-state index contributed by atoms with van der Waals surface area (Å²) < 4.78 is 5.76. The van der Waals surface area contributed by atoms with Gasteiger partial charge in [0.05, 0.1) is 6.10 Å². The van der Waals surface area contributed by atoms with Crippen molar-refractivity contribution < 1.29 is 19.1 Å². The van der Waals surface area contributed by atoms with E-state index in [4.69, 9.17) is 4.74 Å². The number of rotatable bonds is 8. The van der Waals surface area contributed by atoms with Crippen LogP contribution in [-0.4, -0.2) is 48.0 Å². The van der Waals surface area contributed by atoms with Gasteiger partial charge in [-0.2, -0.15) is 0 Å². The molecular weight excluding hydrogens is 346 g/mol. The van der Waals surface area contributed by atoms with E-state index in [1.54, 1.807) is 0 Å². The maximum atomic E-state index is 12.5. The van der Waals surface area contributed by atoms with Crippen LogP contribution in [0.3, 0.4) is 0 Å². The molecule has 1 aromatic carbocycles. The average molecular weight is 373 g/mol. The number of benzene rings is 1. The number of hydrogen-bond donors (Lipinski definition) is 2. The summed E-state index contributed by atoms with van der Waals surface area (Å²) in [4.78, 5) is 37.7. The zero-order valence-electron chi connectivity index (χ0n) is 15.7. The van der Waals surface area contributed by atoms with Gasteiger partial charge in [0, 0.05) is 13.2 Å². The second-order valence-electron chi connectivity index (χ2n) is 7.24. The van der Waals surface area contributed by atoms with E-state index in [1.165, 1.54) is 0 Å². The maximum absolute atomic E-state index is 12.5. The first-order chi connectivity index (χ1) is 13.0. The van der Waals surface area contributed by atoms with Gasteiger partial charge in [-0.1, -0.05) is 43.2 Å². The van der Waals surface area contributed by atoms with Crippen LogP contribution in [0.4, 0.5) is 4.79 Å². The van der Waals surface area contributed by atoms with Gasteiger partial charge in [0.1, 0.15) is 12.1 Å². The van der Waals surface area contributed by atoms with E-state index in [9.17, 15) is 14.4 Å². The first kappa shape index (κ1) is 19.4. The molecule has 7 heteroatoms. The maximum Gasteiger partial charge on any atom is 0.325 e. The molecule has 2 aliphatic rings. The van der Waals surface area contributed by atoms with Gasteiger partial charge < -0.3 is 15.4 Å². The minimum atomic E-state index is -0.765. The standard InChI is InChI=1S/C20H27N3O4/c1-15(16-8-3-2-4-9-16)27-13-7-12-21-17(24)14-23-18(25)20(22-19(23)26)10-5-6-11-20/h2-4,8-9,15H,5-7,10-14H2,1H3,(H,21,24)(H,22,26)/t15-/m1/s1. The Kier molecular flexibility index (Phi) is 6.11. The average Bonchev–Trinajstić information content (AvgIpc) is 3.23. The normalized spacial score (nSPS) is 19.4. The molecule has 27 heavy (non-hydrogen) atoms. The second kappa shape index (κ2) is 8.52. The summed E-state index contributed by atoms with van der Waals surface area (Å²) in [7, 11) is 0. The third-order valence-corrected chi connectivity index (χ3v) is 5.28. The smallest absolute Gasteiger partial charge is 0.325 e. The molecule has 2 fully saturated rings. The van der Waals surface area contributed by atoms with Crippen LogP contribution in [0.5, 0.6) is 0 Å². The van der Waals surface area contributed by atoms with Crippen LogP contribution in [0, 0.1) is 0 Å². The van der Waals surface area contributed by atoms with Crippen molar-refractivity contribution in [3.05, 3.63) is 35.9 Å². The van der Waals surface area contributed by atoms with Crippen molar-refractivity contribution in [3.63, 3.8) is 0 Å². The number of ether oxygens (including phenoxy) is 1. The summed E-state index contributed by atoms with van der Waals surface area (Å²) in [6, 6.07) is 9.48. The lowest BCUT2D eigenvalue weighted by Crippen LogP contribution is -2.45. The van der Waals surface area contributed by atoms with Crippen LogP contribution in [-0.2, 0) is 14.3 Å². The minimum absolute atomic E-state index is 0.00424. The Morgan fingerprint density at radius 1 is 1.26 bits per heavy atom. The largest absolute Gasteiger partial charge is 0.374 e. The highest BCUT2D eigenvalue weighted by atomic mass is 16.5. The predicted molar refractivity (Wildman–Crippen MR) is 99.9 cm³/mol. The Morgan fingerprint density at radius 3 is 2.67 bits per heavy atom. The molecule has 1 saturated heterocycles. The molecule has 146 valence electrons. The second-order valence-corrected chi connectivity index (χ2v) is 7.24. The molecule has 0 aromatic heterocycles. The Hall–Kier alpha value is -2.41. The van der Waals surface area contributed by atoms with Crippen molar-refractivity contribution in [2.75, 3.05) is 19.7 Å². The van der Waals surface area contributed by atoms with Gasteiger partial charge >= 0.3 is 6.03 Å². The van der Waals surface area contributed by atoms with Gasteiger partial charge in [0.15, 0.2) is 0 Å². The van der Waals surface area contributed by atoms with Crippen molar-refractivity contribution in [1.82, 2.24) is 15.5 Å². The van der Waals surface area contributed by atoms with E-state index < -0.39 is 11.6 Å². The molecule has 2 N–H and O–H groups in total. The molecule has 0 unspecified atom stereocenters. The zero-order chi connectivity index (χ0) is 19.3. The van der Waals surface area contributed by atoms with Crippen molar-refractivity contribution in [2.45, 2.75) is 50.7 Å². The van der Waals surface area contributed by atoms with Gasteiger partial charge in [0.2, 0.25) is 5.91 Å². The quantitative estimate of drug-likeness (QED) is 0.540. The number of carbonyl (C=O) groups excluding carboxylic acids is 3. The van der Waals surface area contributed by atoms with E-state index in [-0.39, 0.29) is 24.5 Å². The summed E-state index contributed by atoms with van der Waals surface area (Å²) in [6.45, 7) is 2.72. The van der Waals surface area contributed by atoms with Crippen LogP contribution < -0.4 is 10.6 Å². The number of imide groups is 1. The molecule has 7 nitrogen and oxygen atoms in total. The highest BCUT2D eigenvalue weighted by Gasteiger charge is 2.52. The van der Waals surface area contributed by atoms with E-state index in [1.807, 2.05) is 37.3 Å². The highest BCUT2D eigenvalue weighted by Crippen LogP contribution is 2.34. The van der Waals surface area contributed by atoms with Gasteiger partial charge in [0.25, 0.3) is 5.91 Å². The highest BCUT2D eigenvalue weighted by molar-refractivity contribution is 6.09. The van der Waals surface area contributed by atoms with Crippen molar-refractivity contribution in [3.8, 4) is 0 Å². The number of nitrogens with one attached hydrogen (secondary N) is 2. The van der Waals surface area contributed by atoms with Crippen molar-refractivity contribution in [1.29, 1.82) is 0 Å². The first-order valence-corrected chi connectivity index (χ1v) is 9.59. The van der Waals surface area contributed by atoms with Gasteiger partial charge in [-0.25, -0.2) is 4.79 Å². The lowest BCUT2D eigenvalue weighted by molar-refractivity contribution is -0.134. The van der Waals surface area contributed by atoms with Gasteiger partial charge in [-0.05, 0) is 31.7 Å². The van der Waals surface area contributed by atoms with Crippen LogP contribution >= 0.6 is 0 Å². The Balaban J connectivity index is 1.35. The topological polar surface area (TPSA) is 87.7 Å². The number of amides is 4. The number of nitrogens with zero attached hydrogens (tertiary/aromatic N) is 1. The Labute approximate surface area is 159 Å². The summed E-state index contributed by atoms with van der Waals surface area (Å²) in [6.07, 6.45) is 3.82. The molecule has 1 aliphatic heterocycles. The van der Waals surface area contributed by atoms with Crippen LogP contribution in [0.2, 0.25) is 0 Å². The number of hydrogen-bond acceptors (Lipinski definition) is 4. The summed E-state index contributed by atoms with van der Waals surface area (Å²) >= 11 is 0. The van der Waals surface area contributed by atoms with Crippen LogP contribution in [0.25, 0.3) is 0 Å². The lowest BCUT2D eigenvalue weighted by atomic mass is 9.98. The van der Waals surface area contributed by atoms with Crippen LogP contribution in [0.1, 0.15) is 50.7 Å². The van der Waals surface area contributed by atoms with E-state index >= 15 is 0 Å². The van der Waals surface area contributed by atoms with E-state index in [2.05, 4.69) is 10.6 Å². The van der Waals surface area contributed by atoms with E-state index in [0.29, 0.717) is 32.4 Å². The Bertz CT molecular complexity index is 686. The molecule has 1 aliphatic carbocycles. The lowest BCUT2D eigenvalue weighted by Gasteiger charge is -2.19. The minimum Gasteiger partial charge on any atom is -0.374 e. The zero-order valence-corrected chi connectivity index (χ0v) is 15.7. The molecule has 1 heterocycles. The fourth-order valence-corrected chi connectivity index (χ4v) is 3.72. The SMILES string of the molecule is C[C@@H](OCCCNC(=O)CN1C(=O)NC2(CCCC2)C1=O)c1ccccc1. The molecule has 4 amide bonds. The molecule has 0 bridgehead atoms. The van der Waals surface area contributed by atoms with Gasteiger partial charge in [-0.3, -0.25) is 14.5 Å². The molecule has 1 atom stereocenters. The summed E-state index contributed by atoms with van der Waals surface area (Å²) in [5.41, 5.74) is 0.347. The number of carbonyl (C=O) groups is 3. The van der Waals surface area contributed by atoms with Crippen LogP contribution in [0.15, 0.2) is 30.3 Å². The Morgan fingerprint density at radius 2 is 1.96 bits per heavy atom. The third kappa shape index (κ3) is 4.47. The molecule has 0 radical (unpaired) electrons. The fraction of sp³-hybridized carbons (Fsp3) is 0.550. The summed E-state index contributed by atoms with van der Waals surface area (Å²) in [5.74, 6) is -0.593. The molecule has 1 aromatic rings.